The number of hydrogen-bond acceptors (Lipinski definition) is 4. The Kier molecular flexibility index (Phi) is 6.02. The van der Waals surface area contributed by atoms with Crippen molar-refractivity contribution in [3.8, 4) is 0 Å². The molecule has 1 amide bonds. The first-order chi connectivity index (χ1) is 13.6. The van der Waals surface area contributed by atoms with Crippen LogP contribution >= 0.6 is 11.8 Å². The SMILES string of the molecule is Cc1cccc(CN2CCCC3(CCN(C(=O)CSc4ccncc4)C3)C2)c1. The smallest absolute Gasteiger partial charge is 0.232 e. The van der Waals surface area contributed by atoms with Crippen molar-refractivity contribution in [2.45, 2.75) is 37.6 Å². The van der Waals surface area contributed by atoms with Crippen LogP contribution in [-0.2, 0) is 11.3 Å². The van der Waals surface area contributed by atoms with Gasteiger partial charge in [0.25, 0.3) is 0 Å². The largest absolute Gasteiger partial charge is 0.341 e. The van der Waals surface area contributed by atoms with Gasteiger partial charge in [-0.3, -0.25) is 14.7 Å². The summed E-state index contributed by atoms with van der Waals surface area (Å²) in [5.41, 5.74) is 3.02. The van der Waals surface area contributed by atoms with E-state index in [1.54, 1.807) is 24.2 Å². The molecule has 0 N–H and O–H groups in total. The van der Waals surface area contributed by atoms with Crippen LogP contribution in [0.4, 0.5) is 0 Å². The topological polar surface area (TPSA) is 36.4 Å². The molecule has 5 heteroatoms. The molecule has 2 aliphatic heterocycles. The summed E-state index contributed by atoms with van der Waals surface area (Å²) in [5, 5.41) is 0. The molecule has 4 rings (SSSR count). The van der Waals surface area contributed by atoms with Gasteiger partial charge < -0.3 is 4.90 Å². The lowest BCUT2D eigenvalue weighted by Gasteiger charge is -2.40. The molecule has 0 bridgehead atoms. The molecule has 1 aromatic carbocycles. The summed E-state index contributed by atoms with van der Waals surface area (Å²) in [6, 6.07) is 12.8. The standard InChI is InChI=1S/C23H29N3OS/c1-19-4-2-5-20(14-19)15-25-12-3-8-23(17-25)9-13-26(18-23)22(27)16-28-21-6-10-24-11-7-21/h2,4-7,10-11,14H,3,8-9,12-13,15-18H2,1H3. The van der Waals surface area contributed by atoms with E-state index < -0.39 is 0 Å². The third kappa shape index (κ3) is 4.76. The molecule has 1 unspecified atom stereocenters. The lowest BCUT2D eigenvalue weighted by molar-refractivity contribution is -0.127. The van der Waals surface area contributed by atoms with Crippen molar-refractivity contribution in [1.82, 2.24) is 14.8 Å². The minimum atomic E-state index is 0.273. The second-order valence-corrected chi connectivity index (χ2v) is 9.39. The molecule has 0 aliphatic carbocycles. The number of hydrogen-bond donors (Lipinski definition) is 0. The van der Waals surface area contributed by atoms with Crippen LogP contribution < -0.4 is 0 Å². The molecule has 2 saturated heterocycles. The average molecular weight is 396 g/mol. The summed E-state index contributed by atoms with van der Waals surface area (Å²) < 4.78 is 0. The summed E-state index contributed by atoms with van der Waals surface area (Å²) in [5.74, 6) is 0.794. The number of carbonyl (C=O) groups excluding carboxylic acids is 1. The number of amides is 1. The molecule has 0 radical (unpaired) electrons. The molecular weight excluding hydrogens is 366 g/mol. The van der Waals surface area contributed by atoms with Crippen molar-refractivity contribution < 1.29 is 4.79 Å². The van der Waals surface area contributed by atoms with Crippen molar-refractivity contribution in [2.75, 3.05) is 31.9 Å². The predicted molar refractivity (Wildman–Crippen MR) is 114 cm³/mol. The second-order valence-electron chi connectivity index (χ2n) is 8.34. The van der Waals surface area contributed by atoms with Gasteiger partial charge in [-0.05, 0) is 50.4 Å². The number of nitrogens with zero attached hydrogens (tertiary/aromatic N) is 3. The van der Waals surface area contributed by atoms with Crippen LogP contribution in [0.3, 0.4) is 0 Å². The molecule has 1 atom stereocenters. The molecular formula is C23H29N3OS. The van der Waals surface area contributed by atoms with E-state index in [2.05, 4.69) is 46.0 Å². The molecule has 2 aliphatic rings. The first-order valence-electron chi connectivity index (χ1n) is 10.2. The van der Waals surface area contributed by atoms with Gasteiger partial charge in [-0.15, -0.1) is 11.8 Å². The highest BCUT2D eigenvalue weighted by Gasteiger charge is 2.42. The van der Waals surface area contributed by atoms with Crippen LogP contribution in [-0.4, -0.2) is 52.6 Å². The molecule has 28 heavy (non-hydrogen) atoms. The van der Waals surface area contributed by atoms with Gasteiger partial charge in [0.15, 0.2) is 0 Å². The Morgan fingerprint density at radius 2 is 2.00 bits per heavy atom. The van der Waals surface area contributed by atoms with E-state index in [4.69, 9.17) is 0 Å². The van der Waals surface area contributed by atoms with Crippen molar-refractivity contribution in [3.63, 3.8) is 0 Å². The van der Waals surface area contributed by atoms with Gasteiger partial charge in [-0.25, -0.2) is 0 Å². The summed E-state index contributed by atoms with van der Waals surface area (Å²) >= 11 is 1.61. The van der Waals surface area contributed by atoms with Gasteiger partial charge >= 0.3 is 0 Å². The third-order valence-corrected chi connectivity index (χ3v) is 7.03. The average Bonchev–Trinajstić information content (AvgIpc) is 3.10. The molecule has 0 saturated carbocycles. The second kappa shape index (κ2) is 8.66. The third-order valence-electron chi connectivity index (χ3n) is 6.03. The number of aryl methyl sites for hydroxylation is 1. The van der Waals surface area contributed by atoms with Gasteiger partial charge in [0, 0.05) is 48.9 Å². The van der Waals surface area contributed by atoms with Gasteiger partial charge in [-0.1, -0.05) is 29.8 Å². The minimum absolute atomic E-state index is 0.273. The fourth-order valence-electron chi connectivity index (χ4n) is 4.67. The fourth-order valence-corrected chi connectivity index (χ4v) is 5.45. The number of likely N-dealkylation sites (tertiary alicyclic amines) is 2. The Hall–Kier alpha value is -1.85. The lowest BCUT2D eigenvalue weighted by atomic mass is 9.79. The van der Waals surface area contributed by atoms with E-state index >= 15 is 0 Å². The molecule has 1 aromatic heterocycles. The van der Waals surface area contributed by atoms with E-state index in [1.807, 2.05) is 12.1 Å². The van der Waals surface area contributed by atoms with Crippen molar-refractivity contribution in [3.05, 3.63) is 59.9 Å². The zero-order chi connectivity index (χ0) is 19.4. The van der Waals surface area contributed by atoms with Crippen molar-refractivity contribution >= 4 is 17.7 Å². The summed E-state index contributed by atoms with van der Waals surface area (Å²) in [6.45, 7) is 7.30. The normalized spacial score (nSPS) is 22.7. The first kappa shape index (κ1) is 19.5. The van der Waals surface area contributed by atoms with E-state index in [-0.39, 0.29) is 5.91 Å². The maximum atomic E-state index is 12.7. The maximum Gasteiger partial charge on any atom is 0.232 e. The Morgan fingerprint density at radius 1 is 1.14 bits per heavy atom. The van der Waals surface area contributed by atoms with E-state index in [9.17, 15) is 4.79 Å². The predicted octanol–water partition coefficient (Wildman–Crippen LogP) is 4.00. The Balaban J connectivity index is 1.32. The van der Waals surface area contributed by atoms with Crippen LogP contribution in [0, 0.1) is 12.3 Å². The highest BCUT2D eigenvalue weighted by atomic mass is 32.2. The van der Waals surface area contributed by atoms with E-state index in [1.165, 1.54) is 30.5 Å². The van der Waals surface area contributed by atoms with Gasteiger partial charge in [-0.2, -0.15) is 0 Å². The van der Waals surface area contributed by atoms with Crippen LogP contribution in [0.2, 0.25) is 0 Å². The number of thioether (sulfide) groups is 1. The monoisotopic (exact) mass is 395 g/mol. The molecule has 2 fully saturated rings. The number of rotatable bonds is 5. The summed E-state index contributed by atoms with van der Waals surface area (Å²) in [6.07, 6.45) is 7.19. The zero-order valence-electron chi connectivity index (χ0n) is 16.6. The Labute approximate surface area is 172 Å². The molecule has 2 aromatic rings. The quantitative estimate of drug-likeness (QED) is 0.717. The van der Waals surface area contributed by atoms with E-state index in [0.29, 0.717) is 11.2 Å². The van der Waals surface area contributed by atoms with Gasteiger partial charge in [0.05, 0.1) is 5.75 Å². The number of benzene rings is 1. The van der Waals surface area contributed by atoms with Crippen LogP contribution in [0.5, 0.6) is 0 Å². The molecule has 148 valence electrons. The van der Waals surface area contributed by atoms with Gasteiger partial charge in [0.2, 0.25) is 5.91 Å². The van der Waals surface area contributed by atoms with Gasteiger partial charge in [0.1, 0.15) is 0 Å². The van der Waals surface area contributed by atoms with Crippen molar-refractivity contribution in [1.29, 1.82) is 0 Å². The summed E-state index contributed by atoms with van der Waals surface area (Å²) in [7, 11) is 0. The Bertz CT molecular complexity index is 813. The first-order valence-corrected chi connectivity index (χ1v) is 11.2. The van der Waals surface area contributed by atoms with Crippen LogP contribution in [0.25, 0.3) is 0 Å². The highest BCUT2D eigenvalue weighted by molar-refractivity contribution is 8.00. The molecule has 3 heterocycles. The highest BCUT2D eigenvalue weighted by Crippen LogP contribution is 2.39. The van der Waals surface area contributed by atoms with Crippen molar-refractivity contribution in [2.24, 2.45) is 5.41 Å². The number of aromatic nitrogens is 1. The fraction of sp³-hybridized carbons (Fsp3) is 0.478. The molecule has 4 nitrogen and oxygen atoms in total. The number of piperidine rings is 1. The summed E-state index contributed by atoms with van der Waals surface area (Å²) in [4.78, 5) is 22.6. The van der Waals surface area contributed by atoms with Crippen LogP contribution in [0.15, 0.2) is 53.7 Å². The minimum Gasteiger partial charge on any atom is -0.341 e. The lowest BCUT2D eigenvalue weighted by Crippen LogP contribution is -2.45. The zero-order valence-corrected chi connectivity index (χ0v) is 17.5. The van der Waals surface area contributed by atoms with Crippen LogP contribution in [0.1, 0.15) is 30.4 Å². The Morgan fingerprint density at radius 3 is 2.82 bits per heavy atom. The van der Waals surface area contributed by atoms with E-state index in [0.717, 1.165) is 37.5 Å². The maximum absolute atomic E-state index is 12.7. The number of carbonyl (C=O) groups is 1. The number of pyridine rings is 1. The molecule has 1 spiro atoms.